The predicted octanol–water partition coefficient (Wildman–Crippen LogP) is 6.12. The maximum Gasteiger partial charge on any atom is 0.425 e. The largest absolute Gasteiger partial charge is 0.508 e. The van der Waals surface area contributed by atoms with Crippen molar-refractivity contribution in [2.45, 2.75) is 51.3 Å². The van der Waals surface area contributed by atoms with Gasteiger partial charge in [0.05, 0.1) is 5.56 Å². The SMILES string of the molecule is CCCCCCC(OC(=O)c1ccc(-c2ccc(O)cc2)cc1)C(F)(F)F. The van der Waals surface area contributed by atoms with E-state index < -0.39 is 18.2 Å². The summed E-state index contributed by atoms with van der Waals surface area (Å²) in [5, 5.41) is 9.31. The number of phenols is 1. The first-order valence-corrected chi connectivity index (χ1v) is 8.98. The van der Waals surface area contributed by atoms with Gasteiger partial charge in [-0.15, -0.1) is 0 Å². The lowest BCUT2D eigenvalue weighted by Crippen LogP contribution is -2.33. The Morgan fingerprint density at radius 3 is 2.04 bits per heavy atom. The van der Waals surface area contributed by atoms with Gasteiger partial charge in [-0.1, -0.05) is 50.5 Å². The number of ether oxygens (including phenoxy) is 1. The molecule has 0 saturated heterocycles. The van der Waals surface area contributed by atoms with Crippen molar-refractivity contribution in [3.8, 4) is 16.9 Å². The van der Waals surface area contributed by atoms with E-state index in [0.29, 0.717) is 12.8 Å². The Kier molecular flexibility index (Phi) is 7.28. The Morgan fingerprint density at radius 2 is 1.52 bits per heavy atom. The molecule has 2 aromatic rings. The topological polar surface area (TPSA) is 46.5 Å². The summed E-state index contributed by atoms with van der Waals surface area (Å²) in [5.74, 6) is -0.846. The molecule has 0 aliphatic heterocycles. The predicted molar refractivity (Wildman–Crippen MR) is 97.6 cm³/mol. The van der Waals surface area contributed by atoms with Crippen molar-refractivity contribution in [2.75, 3.05) is 0 Å². The second kappa shape index (κ2) is 9.44. The van der Waals surface area contributed by atoms with Crippen molar-refractivity contribution >= 4 is 5.97 Å². The zero-order valence-electron chi connectivity index (χ0n) is 15.1. The number of unbranched alkanes of at least 4 members (excludes halogenated alkanes) is 3. The highest BCUT2D eigenvalue weighted by molar-refractivity contribution is 5.90. The lowest BCUT2D eigenvalue weighted by atomic mass is 10.0. The molecule has 3 nitrogen and oxygen atoms in total. The van der Waals surface area contributed by atoms with Gasteiger partial charge in [-0.2, -0.15) is 13.2 Å². The number of phenolic OH excluding ortho intramolecular Hbond substituents is 1. The summed E-state index contributed by atoms with van der Waals surface area (Å²) in [6.07, 6.45) is -4.05. The second-order valence-corrected chi connectivity index (χ2v) is 6.41. The fourth-order valence-corrected chi connectivity index (χ4v) is 2.70. The second-order valence-electron chi connectivity index (χ2n) is 6.41. The van der Waals surface area contributed by atoms with Gasteiger partial charge in [0, 0.05) is 0 Å². The van der Waals surface area contributed by atoms with Crippen LogP contribution in [0, 0.1) is 0 Å². The smallest absolute Gasteiger partial charge is 0.425 e. The minimum atomic E-state index is -4.58. The zero-order valence-corrected chi connectivity index (χ0v) is 15.1. The fraction of sp³-hybridized carbons (Fsp3) is 0.381. The van der Waals surface area contributed by atoms with Crippen molar-refractivity contribution in [3.05, 3.63) is 54.1 Å². The van der Waals surface area contributed by atoms with Crippen molar-refractivity contribution in [3.63, 3.8) is 0 Å². The summed E-state index contributed by atoms with van der Waals surface area (Å²) in [7, 11) is 0. The number of esters is 1. The highest BCUT2D eigenvalue weighted by Gasteiger charge is 2.42. The van der Waals surface area contributed by atoms with Crippen LogP contribution in [-0.2, 0) is 4.74 Å². The molecule has 0 bridgehead atoms. The molecule has 1 unspecified atom stereocenters. The molecule has 2 rings (SSSR count). The van der Waals surface area contributed by atoms with Crippen molar-refractivity contribution in [2.24, 2.45) is 0 Å². The molecule has 27 heavy (non-hydrogen) atoms. The molecule has 0 amide bonds. The van der Waals surface area contributed by atoms with Crippen molar-refractivity contribution in [1.82, 2.24) is 0 Å². The molecule has 0 spiro atoms. The van der Waals surface area contributed by atoms with Crippen LogP contribution in [0.2, 0.25) is 0 Å². The highest BCUT2D eigenvalue weighted by atomic mass is 19.4. The number of hydrogen-bond acceptors (Lipinski definition) is 3. The lowest BCUT2D eigenvalue weighted by Gasteiger charge is -2.20. The van der Waals surface area contributed by atoms with Gasteiger partial charge in [0.25, 0.3) is 0 Å². The van der Waals surface area contributed by atoms with Gasteiger partial charge < -0.3 is 9.84 Å². The van der Waals surface area contributed by atoms with Crippen LogP contribution >= 0.6 is 0 Å². The number of carbonyl (C=O) groups is 1. The van der Waals surface area contributed by atoms with Crippen LogP contribution in [0.4, 0.5) is 13.2 Å². The zero-order chi connectivity index (χ0) is 19.9. The minimum absolute atomic E-state index is 0.0698. The Morgan fingerprint density at radius 1 is 0.963 bits per heavy atom. The van der Waals surface area contributed by atoms with Gasteiger partial charge >= 0.3 is 12.1 Å². The molecule has 0 aliphatic rings. The molecule has 0 saturated carbocycles. The van der Waals surface area contributed by atoms with E-state index in [9.17, 15) is 23.1 Å². The Bertz CT molecular complexity index is 722. The van der Waals surface area contributed by atoms with E-state index in [2.05, 4.69) is 0 Å². The van der Waals surface area contributed by atoms with Gasteiger partial charge in [0.15, 0.2) is 6.10 Å². The summed E-state index contributed by atoms with van der Waals surface area (Å²) in [6.45, 7) is 1.98. The summed E-state index contributed by atoms with van der Waals surface area (Å²) in [5.41, 5.74) is 1.66. The summed E-state index contributed by atoms with van der Waals surface area (Å²) in [6, 6.07) is 12.6. The molecule has 0 heterocycles. The minimum Gasteiger partial charge on any atom is -0.508 e. The van der Waals surface area contributed by atoms with Crippen LogP contribution in [-0.4, -0.2) is 23.4 Å². The molecule has 1 N–H and O–H groups in total. The van der Waals surface area contributed by atoms with Crippen molar-refractivity contribution in [1.29, 1.82) is 0 Å². The van der Waals surface area contributed by atoms with Gasteiger partial charge in [-0.25, -0.2) is 4.79 Å². The summed E-state index contributed by atoms with van der Waals surface area (Å²) in [4.78, 5) is 12.1. The van der Waals surface area contributed by atoms with Gasteiger partial charge in [-0.05, 0) is 48.2 Å². The van der Waals surface area contributed by atoms with Crippen LogP contribution in [0.1, 0.15) is 49.4 Å². The van der Waals surface area contributed by atoms with Crippen LogP contribution in [0.5, 0.6) is 5.75 Å². The number of hydrogen-bond donors (Lipinski definition) is 1. The maximum atomic E-state index is 13.1. The lowest BCUT2D eigenvalue weighted by molar-refractivity contribution is -0.206. The maximum absolute atomic E-state index is 13.1. The third kappa shape index (κ3) is 6.31. The van der Waals surface area contributed by atoms with E-state index in [1.807, 2.05) is 6.92 Å². The Labute approximate surface area is 156 Å². The van der Waals surface area contributed by atoms with E-state index in [1.165, 1.54) is 24.3 Å². The summed E-state index contributed by atoms with van der Waals surface area (Å²) >= 11 is 0. The number of carbonyl (C=O) groups excluding carboxylic acids is 1. The van der Waals surface area contributed by atoms with Gasteiger partial charge in [0.1, 0.15) is 5.75 Å². The quantitative estimate of drug-likeness (QED) is 0.443. The molecule has 0 aliphatic carbocycles. The molecule has 0 aromatic heterocycles. The molecule has 6 heteroatoms. The van der Waals surface area contributed by atoms with Crippen LogP contribution in [0.3, 0.4) is 0 Å². The van der Waals surface area contributed by atoms with E-state index in [1.54, 1.807) is 24.3 Å². The van der Waals surface area contributed by atoms with Crippen LogP contribution < -0.4 is 0 Å². The average Bonchev–Trinajstić information content (AvgIpc) is 2.64. The summed E-state index contributed by atoms with van der Waals surface area (Å²) < 4.78 is 44.1. The number of benzene rings is 2. The molecule has 146 valence electrons. The van der Waals surface area contributed by atoms with Crippen LogP contribution in [0.25, 0.3) is 11.1 Å². The van der Waals surface area contributed by atoms with Gasteiger partial charge in [0.2, 0.25) is 0 Å². The van der Waals surface area contributed by atoms with E-state index >= 15 is 0 Å². The number of rotatable bonds is 8. The monoisotopic (exact) mass is 380 g/mol. The molecular formula is C21H23F3O3. The first kappa shape index (κ1) is 20.8. The van der Waals surface area contributed by atoms with Gasteiger partial charge in [-0.3, -0.25) is 0 Å². The van der Waals surface area contributed by atoms with Crippen molar-refractivity contribution < 1.29 is 27.8 Å². The average molecular weight is 380 g/mol. The Balaban J connectivity index is 2.03. The van der Waals surface area contributed by atoms with E-state index in [4.69, 9.17) is 4.74 Å². The number of alkyl halides is 3. The standard InChI is InChI=1S/C21H23F3O3/c1-2-3-4-5-6-19(21(22,23)24)27-20(26)17-9-7-15(8-10-17)16-11-13-18(25)14-12-16/h7-14,19,25H,2-6H2,1H3. The third-order valence-corrected chi connectivity index (χ3v) is 4.26. The normalized spacial score (nSPS) is 12.6. The number of aromatic hydroxyl groups is 1. The molecule has 0 radical (unpaired) electrons. The fourth-order valence-electron chi connectivity index (χ4n) is 2.70. The first-order valence-electron chi connectivity index (χ1n) is 8.98. The molecule has 1 atom stereocenters. The first-order chi connectivity index (χ1) is 12.8. The molecule has 0 fully saturated rings. The van der Waals surface area contributed by atoms with E-state index in [0.717, 1.165) is 24.0 Å². The Hall–Kier alpha value is -2.50. The number of halogens is 3. The van der Waals surface area contributed by atoms with Crippen LogP contribution in [0.15, 0.2) is 48.5 Å². The highest BCUT2D eigenvalue weighted by Crippen LogP contribution is 2.28. The van der Waals surface area contributed by atoms with E-state index in [-0.39, 0.29) is 17.7 Å². The molecular weight excluding hydrogens is 357 g/mol. The molecule has 2 aromatic carbocycles. The third-order valence-electron chi connectivity index (χ3n) is 4.26.